The fraction of sp³-hybridized carbons (Fsp3) is 0.947. The van der Waals surface area contributed by atoms with E-state index in [4.69, 9.17) is 21.5 Å². The molecule has 2 rings (SSSR count). The zero-order valence-corrected chi connectivity index (χ0v) is 31.8. The molecule has 44 heavy (non-hydrogen) atoms. The lowest BCUT2D eigenvalue weighted by molar-refractivity contribution is 0.0864. The Bertz CT molecular complexity index is 932. The van der Waals surface area contributed by atoms with Gasteiger partial charge in [0.05, 0.1) is 5.54 Å². The highest BCUT2D eigenvalue weighted by atomic mass is 15.1. The van der Waals surface area contributed by atoms with Gasteiger partial charge in [-0.2, -0.15) is 0 Å². The molecule has 0 saturated carbocycles. The molecule has 258 valence electrons. The first-order valence-electron chi connectivity index (χ1n) is 18.1. The number of rotatable bonds is 13. The van der Waals surface area contributed by atoms with Gasteiger partial charge in [-0.15, -0.1) is 0 Å². The molecule has 0 radical (unpaired) electrons. The molecule has 0 aromatic heterocycles. The Kier molecular flexibility index (Phi) is 13.1. The number of amidine groups is 1. The van der Waals surface area contributed by atoms with Gasteiger partial charge in [0.15, 0.2) is 0 Å². The maximum Gasteiger partial charge on any atom is 0.217 e. The summed E-state index contributed by atoms with van der Waals surface area (Å²) >= 11 is 0. The first-order chi connectivity index (χ1) is 19.8. The van der Waals surface area contributed by atoms with Crippen molar-refractivity contribution < 1.29 is 0 Å². The third-order valence-corrected chi connectivity index (χ3v) is 10.0. The standard InChI is InChI=1S/C38H76N6/c1-15-27(28-22-34(5,6)43-35(7,8)23-28)20-18-16-17-19-21-30(29-24-36(9,10)44-37(11,12)25-29)31(39)41-32(40)42-38(13,14)26-33(2,3)4/h27-30,43-44H,15-26H2,1-14H3,(H4,39,40,41,42). The van der Waals surface area contributed by atoms with Gasteiger partial charge < -0.3 is 22.1 Å². The Labute approximate surface area is 274 Å². The fourth-order valence-corrected chi connectivity index (χ4v) is 9.83. The van der Waals surface area contributed by atoms with Gasteiger partial charge in [0.1, 0.15) is 5.84 Å². The highest BCUT2D eigenvalue weighted by Crippen LogP contribution is 2.41. The molecule has 2 unspecified atom stereocenters. The summed E-state index contributed by atoms with van der Waals surface area (Å²) in [6.07, 6.45) is 14.5. The molecule has 0 amide bonds. The first kappa shape index (κ1) is 39.0. The molecule has 6 heteroatoms. The Morgan fingerprint density at radius 3 is 1.57 bits per heavy atom. The normalized spacial score (nSPS) is 24.7. The van der Waals surface area contributed by atoms with Crippen molar-refractivity contribution in [1.82, 2.24) is 10.6 Å². The molecular weight excluding hydrogens is 540 g/mol. The van der Waals surface area contributed by atoms with Gasteiger partial charge in [0, 0.05) is 28.1 Å². The van der Waals surface area contributed by atoms with Crippen molar-refractivity contribution in [1.29, 1.82) is 0 Å². The van der Waals surface area contributed by atoms with Crippen LogP contribution in [0.2, 0.25) is 0 Å². The molecule has 6 N–H and O–H groups in total. The molecule has 0 aromatic carbocycles. The molecule has 0 spiro atoms. The molecule has 0 aromatic rings. The topological polar surface area (TPSA) is 101 Å². The second-order valence-corrected chi connectivity index (χ2v) is 19.4. The summed E-state index contributed by atoms with van der Waals surface area (Å²) in [7, 11) is 0. The molecule has 2 aliphatic rings. The molecule has 0 bridgehead atoms. The van der Waals surface area contributed by atoms with E-state index in [2.05, 4.69) is 108 Å². The fourth-order valence-electron chi connectivity index (χ4n) is 9.83. The first-order valence-corrected chi connectivity index (χ1v) is 18.1. The van der Waals surface area contributed by atoms with Crippen molar-refractivity contribution >= 4 is 11.8 Å². The van der Waals surface area contributed by atoms with E-state index in [1.54, 1.807) is 0 Å². The van der Waals surface area contributed by atoms with E-state index in [1.165, 1.54) is 51.4 Å². The average Bonchev–Trinajstić information content (AvgIpc) is 2.74. The van der Waals surface area contributed by atoms with Crippen LogP contribution < -0.4 is 22.1 Å². The maximum absolute atomic E-state index is 6.86. The lowest BCUT2D eigenvalue weighted by Gasteiger charge is -2.49. The molecule has 6 nitrogen and oxygen atoms in total. The van der Waals surface area contributed by atoms with E-state index >= 15 is 0 Å². The third kappa shape index (κ3) is 13.7. The number of nitrogens with zero attached hydrogens (tertiary/aromatic N) is 2. The predicted octanol–water partition coefficient (Wildman–Crippen LogP) is 8.97. The summed E-state index contributed by atoms with van der Waals surface area (Å²) < 4.78 is 0. The van der Waals surface area contributed by atoms with E-state index in [-0.39, 0.29) is 39.0 Å². The summed E-state index contributed by atoms with van der Waals surface area (Å²) in [4.78, 5) is 9.62. The summed E-state index contributed by atoms with van der Waals surface area (Å²) in [5.41, 5.74) is 13.8. The molecule has 2 aliphatic heterocycles. The highest BCUT2D eigenvalue weighted by Gasteiger charge is 2.42. The number of hydrogen-bond donors (Lipinski definition) is 4. The molecule has 2 fully saturated rings. The van der Waals surface area contributed by atoms with Gasteiger partial charge in [0.2, 0.25) is 5.96 Å². The monoisotopic (exact) mass is 617 g/mol. The molecular formula is C38H76N6. The van der Waals surface area contributed by atoms with Crippen LogP contribution in [0.15, 0.2) is 9.98 Å². The van der Waals surface area contributed by atoms with Crippen molar-refractivity contribution in [3.05, 3.63) is 0 Å². The van der Waals surface area contributed by atoms with E-state index in [1.807, 2.05) is 0 Å². The Balaban J connectivity index is 2.07. The summed E-state index contributed by atoms with van der Waals surface area (Å²) in [5, 5.41) is 7.73. The van der Waals surface area contributed by atoms with Crippen LogP contribution in [0, 0.1) is 29.1 Å². The van der Waals surface area contributed by atoms with Gasteiger partial charge in [-0.25, -0.2) is 9.98 Å². The van der Waals surface area contributed by atoms with Crippen LogP contribution in [0.25, 0.3) is 0 Å². The smallest absolute Gasteiger partial charge is 0.217 e. The summed E-state index contributed by atoms with van der Waals surface area (Å²) in [6.45, 7) is 32.2. The predicted molar refractivity (Wildman–Crippen MR) is 194 cm³/mol. The number of guanidine groups is 1. The molecule has 2 saturated heterocycles. The van der Waals surface area contributed by atoms with E-state index in [9.17, 15) is 0 Å². The van der Waals surface area contributed by atoms with Crippen LogP contribution in [-0.2, 0) is 0 Å². The van der Waals surface area contributed by atoms with Crippen LogP contribution in [0.3, 0.4) is 0 Å². The largest absolute Gasteiger partial charge is 0.387 e. The zero-order chi connectivity index (χ0) is 33.8. The van der Waals surface area contributed by atoms with Crippen molar-refractivity contribution in [3.63, 3.8) is 0 Å². The Morgan fingerprint density at radius 1 is 0.705 bits per heavy atom. The van der Waals surface area contributed by atoms with Crippen LogP contribution in [0.5, 0.6) is 0 Å². The number of nitrogens with two attached hydrogens (primary N) is 2. The van der Waals surface area contributed by atoms with Gasteiger partial charge in [0.25, 0.3) is 0 Å². The minimum Gasteiger partial charge on any atom is -0.387 e. The van der Waals surface area contributed by atoms with E-state index in [0.29, 0.717) is 17.7 Å². The third-order valence-electron chi connectivity index (χ3n) is 10.0. The minimum atomic E-state index is -0.281. The lowest BCUT2D eigenvalue weighted by Crippen LogP contribution is -2.59. The number of piperidine rings is 2. The van der Waals surface area contributed by atoms with Crippen molar-refractivity contribution in [2.45, 2.75) is 202 Å². The molecule has 0 aliphatic carbocycles. The molecule has 2 atom stereocenters. The van der Waals surface area contributed by atoms with Gasteiger partial charge >= 0.3 is 0 Å². The van der Waals surface area contributed by atoms with Crippen molar-refractivity contribution in [2.24, 2.45) is 50.5 Å². The SMILES string of the molecule is CCC(CCCCCCC(C(N)=NC(N)=NC(C)(C)CC(C)(C)C)C1CC(C)(C)NC(C)(C)C1)C1CC(C)(C)NC(C)(C)C1. The quantitative estimate of drug-likeness (QED) is 0.0942. The van der Waals surface area contributed by atoms with E-state index in [0.717, 1.165) is 37.5 Å². The van der Waals surface area contributed by atoms with Crippen LogP contribution in [0.1, 0.15) is 174 Å². The maximum atomic E-state index is 6.86. The second-order valence-electron chi connectivity index (χ2n) is 19.4. The number of unbranched alkanes of at least 4 members (excludes halogenated alkanes) is 3. The van der Waals surface area contributed by atoms with Crippen molar-refractivity contribution in [3.8, 4) is 0 Å². The van der Waals surface area contributed by atoms with Gasteiger partial charge in [-0.3, -0.25) is 0 Å². The second kappa shape index (κ2) is 14.7. The lowest BCUT2D eigenvalue weighted by atomic mass is 9.69. The van der Waals surface area contributed by atoms with Crippen LogP contribution in [-0.4, -0.2) is 39.5 Å². The van der Waals surface area contributed by atoms with Crippen molar-refractivity contribution in [2.75, 3.05) is 0 Å². The minimum absolute atomic E-state index is 0.0617. The van der Waals surface area contributed by atoms with Crippen LogP contribution >= 0.6 is 0 Å². The average molecular weight is 617 g/mol. The highest BCUT2D eigenvalue weighted by molar-refractivity contribution is 5.95. The molecule has 2 heterocycles. The number of aliphatic imine (C=N–C) groups is 2. The van der Waals surface area contributed by atoms with E-state index < -0.39 is 0 Å². The zero-order valence-electron chi connectivity index (χ0n) is 31.8. The van der Waals surface area contributed by atoms with Gasteiger partial charge in [-0.05, 0) is 131 Å². The summed E-state index contributed by atoms with van der Waals surface area (Å²) in [6, 6.07) is 0. The Morgan fingerprint density at radius 2 is 1.14 bits per heavy atom. The number of hydrogen-bond acceptors (Lipinski definition) is 3. The van der Waals surface area contributed by atoms with Gasteiger partial charge in [-0.1, -0.05) is 66.2 Å². The number of nitrogens with one attached hydrogen (secondary N) is 2. The Hall–Kier alpha value is -1.14. The van der Waals surface area contributed by atoms with Crippen LogP contribution in [0.4, 0.5) is 0 Å². The summed E-state index contributed by atoms with van der Waals surface area (Å²) in [5.74, 6) is 3.34.